The molecule has 1 aromatic heterocycles. The largest absolute Gasteiger partial charge is 0.469 e. The molecule has 10 nitrogen and oxygen atoms in total. The van der Waals surface area contributed by atoms with E-state index >= 15 is 0 Å². The first kappa shape index (κ1) is 25.9. The van der Waals surface area contributed by atoms with Gasteiger partial charge in [-0.1, -0.05) is 0 Å². The Kier molecular flexibility index (Phi) is 9.12. The van der Waals surface area contributed by atoms with Crippen LogP contribution in [0.25, 0.3) is 11.3 Å². The maximum Gasteiger partial charge on any atom is 0.305 e. The van der Waals surface area contributed by atoms with Crippen molar-refractivity contribution in [2.24, 2.45) is 0 Å². The van der Waals surface area contributed by atoms with E-state index in [2.05, 4.69) is 39.9 Å². The average Bonchev–Trinajstić information content (AvgIpc) is 2.90. The van der Waals surface area contributed by atoms with Gasteiger partial charge in [0.25, 0.3) is 0 Å². The highest BCUT2D eigenvalue weighted by atomic mass is 19.1. The molecular weight excluding hydrogens is 465 g/mol. The number of amides is 1. The molecule has 0 saturated carbocycles. The minimum atomic E-state index is -0.293. The number of rotatable bonds is 9. The van der Waals surface area contributed by atoms with Crippen LogP contribution < -0.4 is 10.2 Å². The Hall–Kier alpha value is -3.18. The number of piperidine rings is 1. The Balaban J connectivity index is 1.16. The number of likely N-dealkylation sites (tertiary alicyclic amines) is 1. The Morgan fingerprint density at radius 2 is 1.78 bits per heavy atom. The summed E-state index contributed by atoms with van der Waals surface area (Å²) in [6, 6.07) is 6.35. The molecular formula is C25H34FN7O3. The summed E-state index contributed by atoms with van der Waals surface area (Å²) in [6.07, 6.45) is 4.67. The lowest BCUT2D eigenvalue weighted by Crippen LogP contribution is -2.52. The van der Waals surface area contributed by atoms with Crippen LogP contribution in [0.1, 0.15) is 25.7 Å². The van der Waals surface area contributed by atoms with Crippen molar-refractivity contribution in [2.45, 2.75) is 31.7 Å². The van der Waals surface area contributed by atoms with Crippen molar-refractivity contribution in [3.63, 3.8) is 0 Å². The van der Waals surface area contributed by atoms with Gasteiger partial charge in [0.05, 0.1) is 25.5 Å². The number of anilines is 1. The van der Waals surface area contributed by atoms with Gasteiger partial charge in [0.1, 0.15) is 5.82 Å². The van der Waals surface area contributed by atoms with Gasteiger partial charge in [-0.25, -0.2) is 9.37 Å². The van der Waals surface area contributed by atoms with Crippen LogP contribution in [-0.2, 0) is 14.3 Å². The lowest BCUT2D eigenvalue weighted by Gasteiger charge is -2.35. The molecule has 4 rings (SSSR count). The van der Waals surface area contributed by atoms with Crippen LogP contribution in [-0.4, -0.2) is 102 Å². The lowest BCUT2D eigenvalue weighted by atomic mass is 10.0. The Labute approximate surface area is 210 Å². The van der Waals surface area contributed by atoms with E-state index in [0.717, 1.165) is 57.5 Å². The fourth-order valence-electron chi connectivity index (χ4n) is 4.62. The zero-order chi connectivity index (χ0) is 25.3. The molecule has 2 aliphatic heterocycles. The summed E-state index contributed by atoms with van der Waals surface area (Å²) >= 11 is 0. The first-order chi connectivity index (χ1) is 17.5. The van der Waals surface area contributed by atoms with Gasteiger partial charge in [-0.05, 0) is 50.1 Å². The normalized spacial score (nSPS) is 17.7. The number of nitrogens with one attached hydrogen (secondary N) is 1. The number of benzene rings is 1. The molecule has 2 aromatic rings. The third-order valence-corrected chi connectivity index (χ3v) is 6.75. The van der Waals surface area contributed by atoms with Crippen LogP contribution >= 0.6 is 0 Å². The molecule has 0 radical (unpaired) electrons. The molecule has 3 heterocycles. The summed E-state index contributed by atoms with van der Waals surface area (Å²) in [5.41, 5.74) is 1.44. The zero-order valence-electron chi connectivity index (χ0n) is 20.7. The molecule has 0 atom stereocenters. The van der Waals surface area contributed by atoms with Crippen molar-refractivity contribution in [2.75, 3.05) is 64.4 Å². The number of hydrogen-bond donors (Lipinski definition) is 1. The van der Waals surface area contributed by atoms with Crippen molar-refractivity contribution in [3.05, 3.63) is 36.3 Å². The second-order valence-electron chi connectivity index (χ2n) is 9.27. The lowest BCUT2D eigenvalue weighted by molar-refractivity contribution is -0.140. The number of ether oxygens (including phenoxy) is 1. The van der Waals surface area contributed by atoms with E-state index in [1.165, 1.54) is 19.2 Å². The molecule has 1 amide bonds. The van der Waals surface area contributed by atoms with Crippen molar-refractivity contribution in [1.29, 1.82) is 0 Å². The molecule has 2 aliphatic rings. The molecule has 0 spiro atoms. The Morgan fingerprint density at radius 3 is 2.47 bits per heavy atom. The zero-order valence-corrected chi connectivity index (χ0v) is 20.7. The van der Waals surface area contributed by atoms with E-state index in [0.29, 0.717) is 37.7 Å². The highest BCUT2D eigenvalue weighted by Gasteiger charge is 2.24. The number of nitrogens with zero attached hydrogens (tertiary/aromatic N) is 6. The molecule has 2 fully saturated rings. The predicted molar refractivity (Wildman–Crippen MR) is 133 cm³/mol. The SMILES string of the molecule is COC(=O)CCCN1CCC(NC(=O)CN2CCN(c3nncc(-c4ccc(F)cc4)n3)CC2)CC1. The fourth-order valence-corrected chi connectivity index (χ4v) is 4.62. The van der Waals surface area contributed by atoms with Crippen LogP contribution in [0.5, 0.6) is 0 Å². The van der Waals surface area contributed by atoms with E-state index in [-0.39, 0.29) is 23.7 Å². The van der Waals surface area contributed by atoms with Gasteiger partial charge in [-0.2, -0.15) is 5.10 Å². The third-order valence-electron chi connectivity index (χ3n) is 6.75. The molecule has 0 unspecified atom stereocenters. The van der Waals surface area contributed by atoms with Gasteiger partial charge in [0.2, 0.25) is 11.9 Å². The number of esters is 1. The van der Waals surface area contributed by atoms with Crippen LogP contribution in [0.3, 0.4) is 0 Å². The number of halogens is 1. The summed E-state index contributed by atoms with van der Waals surface area (Å²) in [6.45, 7) is 5.98. The van der Waals surface area contributed by atoms with Gasteiger partial charge < -0.3 is 19.9 Å². The van der Waals surface area contributed by atoms with E-state index in [9.17, 15) is 14.0 Å². The summed E-state index contributed by atoms with van der Waals surface area (Å²) in [7, 11) is 1.41. The average molecular weight is 500 g/mol. The number of hydrogen-bond acceptors (Lipinski definition) is 9. The van der Waals surface area contributed by atoms with Crippen LogP contribution in [0.15, 0.2) is 30.5 Å². The monoisotopic (exact) mass is 499 g/mol. The Bertz CT molecular complexity index is 1010. The number of aromatic nitrogens is 3. The van der Waals surface area contributed by atoms with Crippen LogP contribution in [0.4, 0.5) is 10.3 Å². The molecule has 2 saturated heterocycles. The van der Waals surface area contributed by atoms with Gasteiger partial charge >= 0.3 is 5.97 Å². The van der Waals surface area contributed by atoms with Gasteiger partial charge in [0.15, 0.2) is 0 Å². The van der Waals surface area contributed by atoms with Gasteiger partial charge in [0, 0.05) is 57.3 Å². The highest BCUT2D eigenvalue weighted by Crippen LogP contribution is 2.19. The van der Waals surface area contributed by atoms with Crippen molar-refractivity contribution in [1.82, 2.24) is 30.3 Å². The highest BCUT2D eigenvalue weighted by molar-refractivity contribution is 5.78. The first-order valence-electron chi connectivity index (χ1n) is 12.5. The number of piperazine rings is 1. The van der Waals surface area contributed by atoms with Crippen LogP contribution in [0.2, 0.25) is 0 Å². The molecule has 36 heavy (non-hydrogen) atoms. The molecule has 1 aromatic carbocycles. The topological polar surface area (TPSA) is 104 Å². The maximum absolute atomic E-state index is 13.2. The standard InChI is InChI=1S/C25H34FN7O3/c1-36-24(35)3-2-10-31-11-8-21(9-12-31)28-23(34)18-32-13-15-33(16-14-32)25-29-22(17-27-30-25)19-4-6-20(26)7-5-19/h4-7,17,21H,2-3,8-16,18H2,1H3,(H,28,34). The van der Waals surface area contributed by atoms with E-state index < -0.39 is 0 Å². The van der Waals surface area contributed by atoms with Gasteiger partial charge in [-0.15, -0.1) is 5.10 Å². The second kappa shape index (κ2) is 12.7. The van der Waals surface area contributed by atoms with Crippen LogP contribution in [0, 0.1) is 5.82 Å². The van der Waals surface area contributed by atoms with Crippen molar-refractivity contribution >= 4 is 17.8 Å². The summed E-state index contributed by atoms with van der Waals surface area (Å²) in [5, 5.41) is 11.4. The van der Waals surface area contributed by atoms with E-state index in [1.807, 2.05) is 0 Å². The summed E-state index contributed by atoms with van der Waals surface area (Å²) < 4.78 is 17.9. The fraction of sp³-hybridized carbons (Fsp3) is 0.560. The van der Waals surface area contributed by atoms with Crippen molar-refractivity contribution < 1.29 is 18.7 Å². The van der Waals surface area contributed by atoms with E-state index in [1.54, 1.807) is 18.3 Å². The minimum absolute atomic E-state index is 0.0591. The molecule has 0 bridgehead atoms. The third kappa shape index (κ3) is 7.41. The summed E-state index contributed by atoms with van der Waals surface area (Å²) in [4.78, 5) is 35.0. The Morgan fingerprint density at radius 1 is 1.06 bits per heavy atom. The molecule has 11 heteroatoms. The second-order valence-corrected chi connectivity index (χ2v) is 9.27. The maximum atomic E-state index is 13.2. The number of carbonyl (C=O) groups excluding carboxylic acids is 2. The predicted octanol–water partition coefficient (Wildman–Crippen LogP) is 1.33. The molecule has 0 aliphatic carbocycles. The smallest absolute Gasteiger partial charge is 0.305 e. The number of methoxy groups -OCH3 is 1. The quantitative estimate of drug-likeness (QED) is 0.512. The number of carbonyl (C=O) groups is 2. The molecule has 1 N–H and O–H groups in total. The molecule has 194 valence electrons. The van der Waals surface area contributed by atoms with Crippen molar-refractivity contribution in [3.8, 4) is 11.3 Å². The van der Waals surface area contributed by atoms with Gasteiger partial charge in [-0.3, -0.25) is 14.5 Å². The minimum Gasteiger partial charge on any atom is -0.469 e. The summed E-state index contributed by atoms with van der Waals surface area (Å²) in [5.74, 6) is 0.142. The van der Waals surface area contributed by atoms with E-state index in [4.69, 9.17) is 0 Å². The first-order valence-corrected chi connectivity index (χ1v) is 12.5.